The Bertz CT molecular complexity index is 963. The number of likely N-dealkylation sites (tertiary alicyclic amines) is 1. The van der Waals surface area contributed by atoms with Gasteiger partial charge in [0.25, 0.3) is 11.5 Å². The zero-order chi connectivity index (χ0) is 18.6. The highest BCUT2D eigenvalue weighted by molar-refractivity contribution is 7.17. The molecule has 1 N–H and O–H groups in total. The summed E-state index contributed by atoms with van der Waals surface area (Å²) in [6.07, 6.45) is 5.57. The van der Waals surface area contributed by atoms with Crippen molar-refractivity contribution in [1.29, 1.82) is 0 Å². The van der Waals surface area contributed by atoms with Crippen LogP contribution in [0.4, 0.5) is 0 Å². The largest absolute Gasteiger partial charge is 0.480 e. The van der Waals surface area contributed by atoms with Gasteiger partial charge in [-0.3, -0.25) is 14.0 Å². The molecule has 1 aliphatic carbocycles. The van der Waals surface area contributed by atoms with Gasteiger partial charge in [0.15, 0.2) is 4.96 Å². The monoisotopic (exact) mass is 375 g/mol. The molecule has 0 bridgehead atoms. The van der Waals surface area contributed by atoms with E-state index in [0.717, 1.165) is 36.3 Å². The Labute approximate surface area is 154 Å². The smallest absolute Gasteiger partial charge is 0.326 e. The van der Waals surface area contributed by atoms with Crippen molar-refractivity contribution in [2.45, 2.75) is 58.0 Å². The fourth-order valence-corrected chi connectivity index (χ4v) is 5.36. The van der Waals surface area contributed by atoms with Crippen LogP contribution in [0.15, 0.2) is 11.0 Å². The molecule has 0 aromatic carbocycles. The Kier molecular flexibility index (Phi) is 4.10. The predicted octanol–water partition coefficient (Wildman–Crippen LogP) is 2.23. The van der Waals surface area contributed by atoms with Crippen LogP contribution in [0.1, 0.15) is 53.0 Å². The van der Waals surface area contributed by atoms with Crippen molar-refractivity contribution in [1.82, 2.24) is 14.3 Å². The first-order chi connectivity index (χ1) is 12.4. The molecule has 1 amide bonds. The van der Waals surface area contributed by atoms with E-state index in [4.69, 9.17) is 0 Å². The second-order valence-electron chi connectivity index (χ2n) is 7.25. The lowest BCUT2D eigenvalue weighted by Crippen LogP contribution is -2.47. The summed E-state index contributed by atoms with van der Waals surface area (Å²) in [6, 6.07) is -0.955. The molecule has 26 heavy (non-hydrogen) atoms. The van der Waals surface area contributed by atoms with Gasteiger partial charge in [-0.25, -0.2) is 9.78 Å². The average Bonchev–Trinajstić information content (AvgIpc) is 3.13. The summed E-state index contributed by atoms with van der Waals surface area (Å²) in [5.74, 6) is -1.29. The Morgan fingerprint density at radius 2 is 2.00 bits per heavy atom. The number of carbonyl (C=O) groups excluding carboxylic acids is 1. The van der Waals surface area contributed by atoms with Crippen LogP contribution in [0.2, 0.25) is 0 Å². The molecule has 1 saturated carbocycles. The van der Waals surface area contributed by atoms with Crippen LogP contribution in [0.25, 0.3) is 4.96 Å². The zero-order valence-electron chi connectivity index (χ0n) is 14.8. The molecule has 4 rings (SSSR count). The number of aryl methyl sites for hydroxylation is 2. The van der Waals surface area contributed by atoms with Crippen LogP contribution >= 0.6 is 11.3 Å². The number of thiazole rings is 1. The van der Waals surface area contributed by atoms with Gasteiger partial charge in [-0.2, -0.15) is 0 Å². The van der Waals surface area contributed by atoms with Crippen LogP contribution in [0.3, 0.4) is 0 Å². The van der Waals surface area contributed by atoms with Crippen molar-refractivity contribution < 1.29 is 14.7 Å². The van der Waals surface area contributed by atoms with Gasteiger partial charge in [-0.15, -0.1) is 11.3 Å². The molecular formula is C18H21N3O4S. The summed E-state index contributed by atoms with van der Waals surface area (Å²) < 4.78 is 1.46. The maximum Gasteiger partial charge on any atom is 0.326 e. The van der Waals surface area contributed by atoms with Crippen LogP contribution in [0.5, 0.6) is 0 Å². The van der Waals surface area contributed by atoms with E-state index < -0.39 is 23.5 Å². The Hall–Kier alpha value is -2.22. The highest BCUT2D eigenvalue weighted by Crippen LogP contribution is 2.40. The van der Waals surface area contributed by atoms with E-state index >= 15 is 0 Å². The third kappa shape index (κ3) is 2.46. The van der Waals surface area contributed by atoms with E-state index in [1.807, 2.05) is 13.8 Å². The number of rotatable bonds is 2. The Balaban J connectivity index is 1.80. The quantitative estimate of drug-likeness (QED) is 0.869. The topological polar surface area (TPSA) is 92.0 Å². The van der Waals surface area contributed by atoms with Gasteiger partial charge in [-0.05, 0) is 39.0 Å². The van der Waals surface area contributed by atoms with E-state index in [1.54, 1.807) is 0 Å². The van der Waals surface area contributed by atoms with Gasteiger partial charge in [0, 0.05) is 22.8 Å². The fourth-order valence-electron chi connectivity index (χ4n) is 4.43. The molecule has 2 aromatic rings. The van der Waals surface area contributed by atoms with Crippen molar-refractivity contribution in [3.63, 3.8) is 0 Å². The molecule has 0 radical (unpaired) electrons. The van der Waals surface area contributed by atoms with Crippen LogP contribution in [-0.2, 0) is 4.79 Å². The molecule has 3 heterocycles. The van der Waals surface area contributed by atoms with Crippen molar-refractivity contribution >= 4 is 28.2 Å². The third-order valence-electron chi connectivity index (χ3n) is 5.86. The molecular weight excluding hydrogens is 354 g/mol. The Morgan fingerprint density at radius 3 is 2.73 bits per heavy atom. The van der Waals surface area contributed by atoms with Gasteiger partial charge < -0.3 is 10.0 Å². The van der Waals surface area contributed by atoms with E-state index in [0.29, 0.717) is 11.4 Å². The van der Waals surface area contributed by atoms with Gasteiger partial charge in [0.05, 0.1) is 0 Å². The summed E-state index contributed by atoms with van der Waals surface area (Å²) in [7, 11) is 0. The number of fused-ring (bicyclic) bond motifs is 2. The zero-order valence-corrected chi connectivity index (χ0v) is 15.6. The highest BCUT2D eigenvalue weighted by Gasteiger charge is 2.48. The average molecular weight is 375 g/mol. The molecule has 3 atom stereocenters. The lowest BCUT2D eigenvalue weighted by atomic mass is 9.84. The molecule has 8 heteroatoms. The SMILES string of the molecule is Cc1sc2ncc(C(=O)N3C(C(=O)O)CC4CCCCC43)c(=O)n2c1C. The molecule has 0 spiro atoms. The second-order valence-corrected chi connectivity index (χ2v) is 8.43. The summed E-state index contributed by atoms with van der Waals surface area (Å²) >= 11 is 1.40. The third-order valence-corrected chi connectivity index (χ3v) is 6.93. The van der Waals surface area contributed by atoms with Crippen LogP contribution in [-0.4, -0.2) is 43.4 Å². The number of nitrogens with zero attached hydrogens (tertiary/aromatic N) is 3. The summed E-state index contributed by atoms with van der Waals surface area (Å²) in [5.41, 5.74) is 0.315. The maximum atomic E-state index is 13.2. The highest BCUT2D eigenvalue weighted by atomic mass is 32.1. The molecule has 1 aliphatic heterocycles. The van der Waals surface area contributed by atoms with Crippen LogP contribution in [0, 0.1) is 19.8 Å². The van der Waals surface area contributed by atoms with E-state index in [-0.39, 0.29) is 17.5 Å². The van der Waals surface area contributed by atoms with Gasteiger partial charge in [-0.1, -0.05) is 12.8 Å². The van der Waals surface area contributed by atoms with Crippen LogP contribution < -0.4 is 5.56 Å². The number of carboxylic acids is 1. The van der Waals surface area contributed by atoms with Gasteiger partial charge >= 0.3 is 5.97 Å². The number of aliphatic carboxylic acids is 1. The summed E-state index contributed by atoms with van der Waals surface area (Å²) in [5, 5.41) is 9.62. The summed E-state index contributed by atoms with van der Waals surface area (Å²) in [6.45, 7) is 3.73. The molecule has 3 unspecified atom stereocenters. The first-order valence-corrected chi connectivity index (χ1v) is 9.75. The number of carbonyl (C=O) groups is 2. The Morgan fingerprint density at radius 1 is 1.27 bits per heavy atom. The molecule has 2 aromatic heterocycles. The van der Waals surface area contributed by atoms with Gasteiger partial charge in [0.2, 0.25) is 0 Å². The van der Waals surface area contributed by atoms with Crippen molar-refractivity contribution in [3.8, 4) is 0 Å². The van der Waals surface area contributed by atoms with E-state index in [9.17, 15) is 19.5 Å². The number of aromatic nitrogens is 2. The van der Waals surface area contributed by atoms with E-state index in [2.05, 4.69) is 4.98 Å². The first kappa shape index (κ1) is 17.2. The van der Waals surface area contributed by atoms with Crippen molar-refractivity contribution in [2.24, 2.45) is 5.92 Å². The standard InChI is InChI=1S/C18H21N3O4S/c1-9-10(2)26-18-19-8-12(15(22)20(9)18)16(23)21-13-6-4-3-5-11(13)7-14(21)17(24)25/h8,11,13-14H,3-7H2,1-2H3,(H,24,25). The second kappa shape index (κ2) is 6.19. The van der Waals surface area contributed by atoms with Gasteiger partial charge in [0.1, 0.15) is 11.6 Å². The fraction of sp³-hybridized carbons (Fsp3) is 0.556. The molecule has 7 nitrogen and oxygen atoms in total. The minimum Gasteiger partial charge on any atom is -0.480 e. The number of hydrogen-bond donors (Lipinski definition) is 1. The minimum absolute atomic E-state index is 0.0409. The predicted molar refractivity (Wildman–Crippen MR) is 96.8 cm³/mol. The lowest BCUT2D eigenvalue weighted by molar-refractivity contribution is -0.141. The molecule has 1 saturated heterocycles. The number of carboxylic acid groups (broad SMARTS) is 1. The van der Waals surface area contributed by atoms with Crippen molar-refractivity contribution in [2.75, 3.05) is 0 Å². The lowest BCUT2D eigenvalue weighted by Gasteiger charge is -2.32. The van der Waals surface area contributed by atoms with Crippen molar-refractivity contribution in [3.05, 3.63) is 32.7 Å². The normalized spacial score (nSPS) is 25.5. The maximum absolute atomic E-state index is 13.2. The summed E-state index contributed by atoms with van der Waals surface area (Å²) in [4.78, 5) is 45.1. The van der Waals surface area contributed by atoms with E-state index in [1.165, 1.54) is 26.8 Å². The molecule has 2 aliphatic rings. The first-order valence-electron chi connectivity index (χ1n) is 8.93. The molecule has 2 fully saturated rings. The molecule has 138 valence electrons. The number of amides is 1. The number of hydrogen-bond acceptors (Lipinski definition) is 5. The minimum atomic E-state index is -0.996.